The quantitative estimate of drug-likeness (QED) is 0.646. The second-order valence-corrected chi connectivity index (χ2v) is 4.50. The molecular weight excluding hydrogens is 281 g/mol. The highest BCUT2D eigenvalue weighted by Crippen LogP contribution is 2.22. The van der Waals surface area contributed by atoms with E-state index in [1.165, 1.54) is 18.2 Å². The number of unbranched alkanes of at least 4 members (excludes halogenated alkanes) is 1. The summed E-state index contributed by atoms with van der Waals surface area (Å²) < 4.78 is 35.6. The predicted molar refractivity (Wildman–Crippen MR) is 68.1 cm³/mol. The molecule has 3 N–H and O–H groups in total. The lowest BCUT2D eigenvalue weighted by atomic mass is 10.1. The van der Waals surface area contributed by atoms with Gasteiger partial charge in [0.1, 0.15) is 0 Å². The molecule has 0 atom stereocenters. The second kappa shape index (κ2) is 6.65. The monoisotopic (exact) mass is 294 g/mol. The molecule has 0 radical (unpaired) electrons. The zero-order chi connectivity index (χ0) is 14.5. The third-order valence-corrected chi connectivity index (χ3v) is 2.67. The number of hydrogen-bond acceptors (Lipinski definition) is 2. The van der Waals surface area contributed by atoms with Crippen LogP contribution in [0.15, 0.2) is 18.2 Å². The summed E-state index contributed by atoms with van der Waals surface area (Å²) in [4.78, 5) is 11.7. The lowest BCUT2D eigenvalue weighted by Crippen LogP contribution is -2.25. The van der Waals surface area contributed by atoms with E-state index in [1.807, 2.05) is 0 Å². The summed E-state index contributed by atoms with van der Waals surface area (Å²) in [6, 6.07) is 4.44. The number of benzene rings is 1. The smallest absolute Gasteiger partial charge is 0.389 e. The number of amides is 1. The highest BCUT2D eigenvalue weighted by Gasteiger charge is 2.25. The Bertz CT molecular complexity index is 449. The van der Waals surface area contributed by atoms with Crippen LogP contribution in [-0.4, -0.2) is 18.6 Å². The molecule has 106 valence electrons. The molecule has 19 heavy (non-hydrogen) atoms. The van der Waals surface area contributed by atoms with E-state index in [0.29, 0.717) is 5.02 Å². The number of carbonyl (C=O) groups is 1. The standard InChI is InChI=1S/C12H14ClF3N2O/c13-8-3-4-9(10(17)7-8)11(19)18-6-2-1-5-12(14,15)16/h3-4,7H,1-2,5-6,17H2,(H,18,19). The van der Waals surface area contributed by atoms with E-state index in [2.05, 4.69) is 5.32 Å². The summed E-state index contributed by atoms with van der Waals surface area (Å²) in [5.41, 5.74) is 6.12. The number of carbonyl (C=O) groups excluding carboxylic acids is 1. The highest BCUT2D eigenvalue weighted by atomic mass is 35.5. The van der Waals surface area contributed by atoms with Gasteiger partial charge in [-0.25, -0.2) is 0 Å². The Morgan fingerprint density at radius 1 is 1.32 bits per heavy atom. The largest absolute Gasteiger partial charge is 0.398 e. The third-order valence-electron chi connectivity index (χ3n) is 2.43. The minimum atomic E-state index is -4.15. The molecule has 0 saturated carbocycles. The van der Waals surface area contributed by atoms with Crippen LogP contribution in [0.5, 0.6) is 0 Å². The van der Waals surface area contributed by atoms with Crippen molar-refractivity contribution in [3.8, 4) is 0 Å². The zero-order valence-corrected chi connectivity index (χ0v) is 10.8. The molecule has 0 fully saturated rings. The molecule has 0 bridgehead atoms. The van der Waals surface area contributed by atoms with E-state index >= 15 is 0 Å². The van der Waals surface area contributed by atoms with Crippen molar-refractivity contribution in [2.75, 3.05) is 12.3 Å². The van der Waals surface area contributed by atoms with E-state index < -0.39 is 18.5 Å². The predicted octanol–water partition coefficient (Wildman–Crippen LogP) is 3.38. The zero-order valence-electron chi connectivity index (χ0n) is 10.1. The van der Waals surface area contributed by atoms with Crippen LogP contribution in [0, 0.1) is 0 Å². The molecule has 1 aromatic rings. The second-order valence-electron chi connectivity index (χ2n) is 4.06. The van der Waals surface area contributed by atoms with Crippen molar-refractivity contribution in [1.29, 1.82) is 0 Å². The van der Waals surface area contributed by atoms with Crippen molar-refractivity contribution < 1.29 is 18.0 Å². The fourth-order valence-corrected chi connectivity index (χ4v) is 1.67. The van der Waals surface area contributed by atoms with E-state index in [9.17, 15) is 18.0 Å². The lowest BCUT2D eigenvalue weighted by molar-refractivity contribution is -0.135. The first-order valence-corrected chi connectivity index (χ1v) is 6.07. The van der Waals surface area contributed by atoms with Gasteiger partial charge in [0.05, 0.1) is 5.56 Å². The van der Waals surface area contributed by atoms with Gasteiger partial charge in [0, 0.05) is 23.7 Å². The first-order chi connectivity index (χ1) is 8.79. The number of halogens is 4. The van der Waals surface area contributed by atoms with E-state index in [0.717, 1.165) is 0 Å². The van der Waals surface area contributed by atoms with Gasteiger partial charge < -0.3 is 11.1 Å². The fourth-order valence-electron chi connectivity index (χ4n) is 1.49. The summed E-state index contributed by atoms with van der Waals surface area (Å²) in [5.74, 6) is -0.416. The van der Waals surface area contributed by atoms with Crippen molar-refractivity contribution >= 4 is 23.2 Å². The Morgan fingerprint density at radius 2 is 2.00 bits per heavy atom. The molecule has 0 unspecified atom stereocenters. The maximum Gasteiger partial charge on any atom is 0.389 e. The molecule has 7 heteroatoms. The topological polar surface area (TPSA) is 55.1 Å². The summed E-state index contributed by atoms with van der Waals surface area (Å²) in [5, 5.41) is 2.93. The fraction of sp³-hybridized carbons (Fsp3) is 0.417. The molecule has 0 aliphatic heterocycles. The third kappa shape index (κ3) is 5.83. The maximum atomic E-state index is 11.9. The number of rotatable bonds is 5. The van der Waals surface area contributed by atoms with Gasteiger partial charge in [0.2, 0.25) is 0 Å². The Morgan fingerprint density at radius 3 is 2.58 bits per heavy atom. The lowest BCUT2D eigenvalue weighted by Gasteiger charge is -2.08. The number of nitrogens with one attached hydrogen (secondary N) is 1. The van der Waals surface area contributed by atoms with Gasteiger partial charge in [0.25, 0.3) is 5.91 Å². The Hall–Kier alpha value is -1.43. The highest BCUT2D eigenvalue weighted by molar-refractivity contribution is 6.31. The van der Waals surface area contributed by atoms with E-state index in [4.69, 9.17) is 17.3 Å². The minimum Gasteiger partial charge on any atom is -0.398 e. The molecule has 0 aliphatic rings. The minimum absolute atomic E-state index is 0.0140. The van der Waals surface area contributed by atoms with Gasteiger partial charge in [0.15, 0.2) is 0 Å². The van der Waals surface area contributed by atoms with E-state index in [1.54, 1.807) is 0 Å². The van der Waals surface area contributed by atoms with Crippen LogP contribution >= 0.6 is 11.6 Å². The van der Waals surface area contributed by atoms with Crippen LogP contribution in [0.2, 0.25) is 5.02 Å². The molecule has 0 aliphatic carbocycles. The SMILES string of the molecule is Nc1cc(Cl)ccc1C(=O)NCCCCC(F)(F)F. The Balaban J connectivity index is 2.36. The summed E-state index contributed by atoms with van der Waals surface area (Å²) in [7, 11) is 0. The first-order valence-electron chi connectivity index (χ1n) is 5.69. The summed E-state index contributed by atoms with van der Waals surface area (Å²) in [6.45, 7) is 0.178. The summed E-state index contributed by atoms with van der Waals surface area (Å²) in [6.07, 6.45) is -4.74. The van der Waals surface area contributed by atoms with Gasteiger partial charge in [-0.05, 0) is 31.0 Å². The van der Waals surface area contributed by atoms with E-state index in [-0.39, 0.29) is 30.6 Å². The molecule has 1 aromatic carbocycles. The molecule has 1 rings (SSSR count). The van der Waals surface area contributed by atoms with Gasteiger partial charge in [-0.15, -0.1) is 0 Å². The maximum absolute atomic E-state index is 11.9. The number of anilines is 1. The molecule has 0 aromatic heterocycles. The molecule has 3 nitrogen and oxygen atoms in total. The molecule has 0 heterocycles. The number of alkyl halides is 3. The van der Waals surface area contributed by atoms with Crippen LogP contribution in [-0.2, 0) is 0 Å². The van der Waals surface area contributed by atoms with Gasteiger partial charge in [-0.3, -0.25) is 4.79 Å². The van der Waals surface area contributed by atoms with Crippen molar-refractivity contribution in [3.63, 3.8) is 0 Å². The molecule has 1 amide bonds. The average molecular weight is 295 g/mol. The number of hydrogen-bond donors (Lipinski definition) is 2. The molecule has 0 spiro atoms. The van der Waals surface area contributed by atoms with Crippen LogP contribution in [0.3, 0.4) is 0 Å². The van der Waals surface area contributed by atoms with Crippen molar-refractivity contribution in [2.24, 2.45) is 0 Å². The summed E-state index contributed by atoms with van der Waals surface area (Å²) >= 11 is 5.69. The molecular formula is C12H14ClF3N2O. The van der Waals surface area contributed by atoms with Gasteiger partial charge >= 0.3 is 6.18 Å². The first kappa shape index (κ1) is 15.6. The number of nitrogen functional groups attached to an aromatic ring is 1. The number of nitrogens with two attached hydrogens (primary N) is 1. The van der Waals surface area contributed by atoms with Crippen LogP contribution in [0.4, 0.5) is 18.9 Å². The van der Waals surface area contributed by atoms with Crippen LogP contribution in [0.25, 0.3) is 0 Å². The van der Waals surface area contributed by atoms with Crippen molar-refractivity contribution in [1.82, 2.24) is 5.32 Å². The van der Waals surface area contributed by atoms with Crippen molar-refractivity contribution in [3.05, 3.63) is 28.8 Å². The Labute approximate surface area is 113 Å². The molecule has 0 saturated heterocycles. The average Bonchev–Trinajstić information content (AvgIpc) is 2.26. The normalized spacial score (nSPS) is 11.4. The van der Waals surface area contributed by atoms with Crippen LogP contribution in [0.1, 0.15) is 29.6 Å². The Kier molecular flexibility index (Phi) is 5.47. The van der Waals surface area contributed by atoms with Crippen molar-refractivity contribution in [2.45, 2.75) is 25.4 Å². The van der Waals surface area contributed by atoms with Gasteiger partial charge in [-0.1, -0.05) is 11.6 Å². The van der Waals surface area contributed by atoms with Gasteiger partial charge in [-0.2, -0.15) is 13.2 Å². The van der Waals surface area contributed by atoms with Crippen LogP contribution < -0.4 is 11.1 Å².